The predicted molar refractivity (Wildman–Crippen MR) is 102 cm³/mol. The summed E-state index contributed by atoms with van der Waals surface area (Å²) in [6.45, 7) is 6.85. The smallest absolute Gasteiger partial charge is 0.410 e. The van der Waals surface area contributed by atoms with Gasteiger partial charge in [0, 0.05) is 32.3 Å². The number of likely N-dealkylation sites (N-methyl/N-ethyl adjacent to an activating group) is 1. The molecule has 146 valence electrons. The fourth-order valence-corrected chi connectivity index (χ4v) is 3.27. The van der Waals surface area contributed by atoms with Crippen molar-refractivity contribution >= 4 is 28.8 Å². The minimum absolute atomic E-state index is 0.0206. The van der Waals surface area contributed by atoms with Crippen LogP contribution < -0.4 is 4.90 Å². The first-order valence-corrected chi connectivity index (χ1v) is 8.99. The Morgan fingerprint density at radius 2 is 2.22 bits per heavy atom. The molecule has 1 atom stereocenters. The lowest BCUT2D eigenvalue weighted by atomic mass is 10.2. The molecule has 9 nitrogen and oxygen atoms in total. The lowest BCUT2D eigenvalue weighted by Gasteiger charge is -2.30. The highest BCUT2D eigenvalue weighted by Crippen LogP contribution is 2.25. The molecule has 9 heteroatoms. The van der Waals surface area contributed by atoms with Crippen molar-refractivity contribution in [1.29, 1.82) is 0 Å². The van der Waals surface area contributed by atoms with E-state index in [-0.39, 0.29) is 17.8 Å². The summed E-state index contributed by atoms with van der Waals surface area (Å²) in [6, 6.07) is 4.58. The summed E-state index contributed by atoms with van der Waals surface area (Å²) >= 11 is 0. The maximum atomic E-state index is 12.4. The van der Waals surface area contributed by atoms with Crippen molar-refractivity contribution in [3.05, 3.63) is 28.3 Å². The van der Waals surface area contributed by atoms with Gasteiger partial charge >= 0.3 is 6.09 Å². The third-order valence-electron chi connectivity index (χ3n) is 4.52. The number of ether oxygens (including phenoxy) is 1. The Labute approximate surface area is 157 Å². The Bertz CT molecular complexity index is 857. The number of hydrogen-bond acceptors (Lipinski definition) is 6. The van der Waals surface area contributed by atoms with Gasteiger partial charge in [-0.15, -0.1) is 0 Å². The number of imidazole rings is 1. The molecule has 0 bridgehead atoms. The highest BCUT2D eigenvalue weighted by Gasteiger charge is 2.33. The summed E-state index contributed by atoms with van der Waals surface area (Å²) in [5.74, 6) is 0.613. The second kappa shape index (κ2) is 7.05. The predicted octanol–water partition coefficient (Wildman–Crippen LogP) is 3.31. The maximum Gasteiger partial charge on any atom is 0.410 e. The number of nitro benzene ring substituents is 1. The Kier molecular flexibility index (Phi) is 4.95. The summed E-state index contributed by atoms with van der Waals surface area (Å²) in [7, 11) is 1.89. The lowest BCUT2D eigenvalue weighted by Crippen LogP contribution is -2.44. The van der Waals surface area contributed by atoms with Gasteiger partial charge in [-0.1, -0.05) is 0 Å². The monoisotopic (exact) mass is 375 g/mol. The summed E-state index contributed by atoms with van der Waals surface area (Å²) < 4.78 is 5.50. The molecule has 0 saturated carbocycles. The molecule has 1 unspecified atom stereocenters. The van der Waals surface area contributed by atoms with Crippen LogP contribution in [-0.2, 0) is 4.74 Å². The third kappa shape index (κ3) is 4.29. The molecule has 1 amide bonds. The van der Waals surface area contributed by atoms with Gasteiger partial charge in [0.2, 0.25) is 5.95 Å². The number of nitrogens with zero attached hydrogens (tertiary/aromatic N) is 4. The van der Waals surface area contributed by atoms with Gasteiger partial charge in [0.15, 0.2) is 0 Å². The van der Waals surface area contributed by atoms with Crippen LogP contribution in [0.3, 0.4) is 0 Å². The lowest BCUT2D eigenvalue weighted by molar-refractivity contribution is -0.384. The number of fused-ring (bicyclic) bond motifs is 1. The van der Waals surface area contributed by atoms with Gasteiger partial charge in [-0.2, -0.15) is 0 Å². The van der Waals surface area contributed by atoms with Crippen molar-refractivity contribution in [2.45, 2.75) is 45.3 Å². The van der Waals surface area contributed by atoms with E-state index >= 15 is 0 Å². The maximum absolute atomic E-state index is 12.4. The SMILES string of the molecule is CN(CC1CCCN1C(=O)OC(C)(C)C)c1nc2ccc([N+](=O)[O-])cc2[nH]1. The number of likely N-dealkylation sites (tertiary alicyclic amines) is 1. The third-order valence-corrected chi connectivity index (χ3v) is 4.52. The number of rotatable bonds is 4. The summed E-state index contributed by atoms with van der Waals surface area (Å²) in [6.07, 6.45) is 1.54. The number of carbonyl (C=O) groups excluding carboxylic acids is 1. The Balaban J connectivity index is 1.72. The highest BCUT2D eigenvalue weighted by atomic mass is 16.6. The van der Waals surface area contributed by atoms with E-state index in [9.17, 15) is 14.9 Å². The molecule has 1 saturated heterocycles. The first-order chi connectivity index (χ1) is 12.6. The molecule has 1 fully saturated rings. The van der Waals surface area contributed by atoms with Gasteiger partial charge in [0.25, 0.3) is 5.69 Å². The number of H-pyrrole nitrogens is 1. The summed E-state index contributed by atoms with van der Waals surface area (Å²) in [5.41, 5.74) is 0.774. The molecule has 2 heterocycles. The van der Waals surface area contributed by atoms with Crippen LogP contribution in [0.2, 0.25) is 0 Å². The fourth-order valence-electron chi connectivity index (χ4n) is 3.27. The van der Waals surface area contributed by atoms with E-state index in [1.807, 2.05) is 32.7 Å². The van der Waals surface area contributed by atoms with E-state index in [0.717, 1.165) is 12.8 Å². The van der Waals surface area contributed by atoms with Crippen LogP contribution in [0.25, 0.3) is 11.0 Å². The van der Waals surface area contributed by atoms with Gasteiger partial charge in [-0.05, 0) is 39.7 Å². The minimum atomic E-state index is -0.524. The van der Waals surface area contributed by atoms with Crippen LogP contribution in [0.5, 0.6) is 0 Å². The normalized spacial score (nSPS) is 17.3. The van der Waals surface area contributed by atoms with Crippen molar-refractivity contribution in [3.63, 3.8) is 0 Å². The van der Waals surface area contributed by atoms with Crippen molar-refractivity contribution in [3.8, 4) is 0 Å². The van der Waals surface area contributed by atoms with Gasteiger partial charge in [-0.3, -0.25) is 10.1 Å². The van der Waals surface area contributed by atoms with Crippen LogP contribution in [-0.4, -0.2) is 57.7 Å². The zero-order valence-electron chi connectivity index (χ0n) is 16.1. The first-order valence-electron chi connectivity index (χ1n) is 8.99. The topological polar surface area (TPSA) is 105 Å². The van der Waals surface area contributed by atoms with E-state index in [1.165, 1.54) is 12.1 Å². The Morgan fingerprint density at radius 3 is 2.89 bits per heavy atom. The first kappa shape index (κ1) is 18.9. The molecular weight excluding hydrogens is 350 g/mol. The van der Waals surface area contributed by atoms with Crippen molar-refractivity contribution in [2.24, 2.45) is 0 Å². The molecule has 1 aliphatic rings. The van der Waals surface area contributed by atoms with E-state index in [0.29, 0.717) is 30.1 Å². The van der Waals surface area contributed by atoms with Crippen molar-refractivity contribution < 1.29 is 14.5 Å². The van der Waals surface area contributed by atoms with E-state index in [1.54, 1.807) is 11.0 Å². The van der Waals surface area contributed by atoms with Gasteiger partial charge in [0.1, 0.15) is 5.60 Å². The zero-order chi connectivity index (χ0) is 19.8. The number of aromatic amines is 1. The van der Waals surface area contributed by atoms with Crippen LogP contribution in [0.4, 0.5) is 16.4 Å². The minimum Gasteiger partial charge on any atom is -0.444 e. The number of benzene rings is 1. The standard InChI is InChI=1S/C18H25N5O4/c1-18(2,3)27-17(24)22-9-5-6-13(22)11-21(4)16-19-14-8-7-12(23(25)26)10-15(14)20-16/h7-8,10,13H,5-6,9,11H2,1-4H3,(H,19,20). The molecule has 0 radical (unpaired) electrons. The Hall–Kier alpha value is -2.84. The average molecular weight is 375 g/mol. The Morgan fingerprint density at radius 1 is 1.48 bits per heavy atom. The van der Waals surface area contributed by atoms with Gasteiger partial charge in [0.05, 0.1) is 22.0 Å². The zero-order valence-corrected chi connectivity index (χ0v) is 16.1. The number of amides is 1. The summed E-state index contributed by atoms with van der Waals surface area (Å²) in [5, 5.41) is 10.9. The molecule has 3 rings (SSSR count). The molecule has 1 aromatic carbocycles. The van der Waals surface area contributed by atoms with E-state index in [2.05, 4.69) is 9.97 Å². The van der Waals surface area contributed by atoms with E-state index < -0.39 is 10.5 Å². The number of non-ortho nitro benzene ring substituents is 1. The molecule has 1 N–H and O–H groups in total. The van der Waals surface area contributed by atoms with Crippen LogP contribution >= 0.6 is 0 Å². The number of hydrogen-bond donors (Lipinski definition) is 1. The number of anilines is 1. The van der Waals surface area contributed by atoms with Crippen molar-refractivity contribution in [1.82, 2.24) is 14.9 Å². The second-order valence-corrected chi connectivity index (χ2v) is 7.87. The van der Waals surface area contributed by atoms with Gasteiger partial charge in [-0.25, -0.2) is 9.78 Å². The van der Waals surface area contributed by atoms with E-state index in [4.69, 9.17) is 4.74 Å². The van der Waals surface area contributed by atoms with Crippen molar-refractivity contribution in [2.75, 3.05) is 25.0 Å². The highest BCUT2D eigenvalue weighted by molar-refractivity contribution is 5.80. The molecule has 0 spiro atoms. The second-order valence-electron chi connectivity index (χ2n) is 7.87. The largest absolute Gasteiger partial charge is 0.444 e. The number of carbonyl (C=O) groups is 1. The molecular formula is C18H25N5O4. The molecule has 27 heavy (non-hydrogen) atoms. The average Bonchev–Trinajstić information content (AvgIpc) is 3.18. The van der Waals surface area contributed by atoms with Crippen LogP contribution in [0, 0.1) is 10.1 Å². The quantitative estimate of drug-likeness (QED) is 0.649. The molecule has 2 aromatic rings. The number of nitro groups is 1. The number of aromatic nitrogens is 2. The number of nitrogens with one attached hydrogen (secondary N) is 1. The summed E-state index contributed by atoms with van der Waals surface area (Å²) in [4.78, 5) is 34.2. The molecule has 0 aliphatic carbocycles. The molecule has 1 aliphatic heterocycles. The van der Waals surface area contributed by atoms with Crippen LogP contribution in [0.1, 0.15) is 33.6 Å². The fraction of sp³-hybridized carbons (Fsp3) is 0.556. The van der Waals surface area contributed by atoms with Crippen LogP contribution in [0.15, 0.2) is 18.2 Å². The van der Waals surface area contributed by atoms with Gasteiger partial charge < -0.3 is 19.5 Å². The molecule has 1 aromatic heterocycles.